The van der Waals surface area contributed by atoms with E-state index in [1.165, 1.54) is 33.5 Å². The number of aryl methyl sites for hydroxylation is 2. The van der Waals surface area contributed by atoms with Gasteiger partial charge in [0.05, 0.1) is 32.7 Å². The van der Waals surface area contributed by atoms with Gasteiger partial charge in [0, 0.05) is 17.8 Å². The van der Waals surface area contributed by atoms with Gasteiger partial charge in [0.1, 0.15) is 11.4 Å². The van der Waals surface area contributed by atoms with Crippen LogP contribution in [0.1, 0.15) is 11.1 Å². The zero-order valence-electron chi connectivity index (χ0n) is 21.1. The molecule has 0 aliphatic carbocycles. The van der Waals surface area contributed by atoms with Crippen LogP contribution in [-0.4, -0.2) is 48.2 Å². The van der Waals surface area contributed by atoms with Crippen LogP contribution < -0.4 is 28.7 Å². The normalized spacial score (nSPS) is 14.1. The fourth-order valence-corrected chi connectivity index (χ4v) is 5.89. The molecule has 0 saturated heterocycles. The molecule has 0 aromatic heterocycles. The third kappa shape index (κ3) is 4.65. The van der Waals surface area contributed by atoms with Crippen molar-refractivity contribution in [2.75, 3.05) is 42.4 Å². The highest BCUT2D eigenvalue weighted by Crippen LogP contribution is 2.41. The zero-order valence-corrected chi connectivity index (χ0v) is 21.9. The van der Waals surface area contributed by atoms with E-state index in [1.54, 1.807) is 49.4 Å². The summed E-state index contributed by atoms with van der Waals surface area (Å²) in [5.74, 6) is 0.474. The number of para-hydroxylation sites is 1. The van der Waals surface area contributed by atoms with E-state index in [9.17, 15) is 18.0 Å². The van der Waals surface area contributed by atoms with Crippen LogP contribution in [0.4, 0.5) is 21.9 Å². The predicted octanol–water partition coefficient (Wildman–Crippen LogP) is 4.10. The van der Waals surface area contributed by atoms with Gasteiger partial charge in [-0.25, -0.2) is 13.2 Å². The summed E-state index contributed by atoms with van der Waals surface area (Å²) in [5, 5.41) is 2.72. The average molecular weight is 526 g/mol. The molecule has 0 radical (unpaired) electrons. The van der Waals surface area contributed by atoms with Crippen LogP contribution in [-0.2, 0) is 14.8 Å². The number of nitrogens with one attached hydrogen (secondary N) is 1. The number of methoxy groups -OCH3 is 3. The highest BCUT2D eigenvalue weighted by atomic mass is 32.2. The molecule has 10 nitrogen and oxygen atoms in total. The highest BCUT2D eigenvalue weighted by molar-refractivity contribution is 7.94. The number of carbonyl (C=O) groups is 2. The van der Waals surface area contributed by atoms with E-state index in [2.05, 4.69) is 5.32 Å². The zero-order chi connectivity index (χ0) is 26.9. The number of sulfonamides is 1. The molecule has 1 heterocycles. The molecule has 1 aliphatic rings. The predicted molar refractivity (Wildman–Crippen MR) is 139 cm³/mol. The van der Waals surface area contributed by atoms with Gasteiger partial charge in [0.2, 0.25) is 11.7 Å². The molecule has 4 rings (SSSR count). The molecule has 3 aromatic carbocycles. The lowest BCUT2D eigenvalue weighted by molar-refractivity contribution is -0.114. The van der Waals surface area contributed by atoms with E-state index in [0.29, 0.717) is 28.5 Å². The second-order valence-corrected chi connectivity index (χ2v) is 10.1. The Morgan fingerprint density at radius 1 is 0.892 bits per heavy atom. The van der Waals surface area contributed by atoms with Gasteiger partial charge >= 0.3 is 6.03 Å². The summed E-state index contributed by atoms with van der Waals surface area (Å²) in [4.78, 5) is 27.8. The molecule has 1 aliphatic heterocycles. The number of benzene rings is 3. The van der Waals surface area contributed by atoms with Crippen LogP contribution in [0.25, 0.3) is 0 Å². The van der Waals surface area contributed by atoms with Gasteiger partial charge in [-0.3, -0.25) is 9.69 Å². The van der Waals surface area contributed by atoms with Crippen molar-refractivity contribution in [2.45, 2.75) is 18.7 Å². The van der Waals surface area contributed by atoms with Crippen LogP contribution >= 0.6 is 0 Å². The van der Waals surface area contributed by atoms with Crippen LogP contribution in [0.15, 0.2) is 59.5 Å². The average Bonchev–Trinajstić information content (AvgIpc) is 2.87. The first kappa shape index (κ1) is 25.8. The fourth-order valence-electron chi connectivity index (χ4n) is 4.23. The first-order chi connectivity index (χ1) is 17.6. The van der Waals surface area contributed by atoms with Crippen molar-refractivity contribution in [2.24, 2.45) is 0 Å². The molecule has 0 unspecified atom stereocenters. The van der Waals surface area contributed by atoms with Crippen LogP contribution in [0.5, 0.6) is 17.2 Å². The Hall–Kier alpha value is -4.25. The minimum atomic E-state index is -4.21. The van der Waals surface area contributed by atoms with E-state index in [0.717, 1.165) is 14.8 Å². The maximum Gasteiger partial charge on any atom is 0.343 e. The van der Waals surface area contributed by atoms with Gasteiger partial charge in [-0.05, 0) is 37.6 Å². The second-order valence-electron chi connectivity index (χ2n) is 8.36. The minimum absolute atomic E-state index is 0.0739. The molecular weight excluding hydrogens is 498 g/mol. The smallest absolute Gasteiger partial charge is 0.343 e. The van der Waals surface area contributed by atoms with Crippen molar-refractivity contribution in [1.29, 1.82) is 0 Å². The number of nitrogens with zero attached hydrogens (tertiary/aromatic N) is 2. The highest BCUT2D eigenvalue weighted by Gasteiger charge is 2.43. The lowest BCUT2D eigenvalue weighted by Crippen LogP contribution is -2.53. The first-order valence-electron chi connectivity index (χ1n) is 11.2. The number of carbonyl (C=O) groups excluding carboxylic acids is 2. The van der Waals surface area contributed by atoms with Crippen molar-refractivity contribution in [3.8, 4) is 17.2 Å². The molecule has 0 fully saturated rings. The Labute approximate surface area is 215 Å². The molecule has 0 bridgehead atoms. The molecule has 1 N–H and O–H groups in total. The van der Waals surface area contributed by atoms with E-state index in [1.807, 2.05) is 6.92 Å². The largest absolute Gasteiger partial charge is 0.493 e. The van der Waals surface area contributed by atoms with E-state index in [4.69, 9.17) is 14.2 Å². The molecule has 3 aromatic rings. The monoisotopic (exact) mass is 525 g/mol. The summed E-state index contributed by atoms with van der Waals surface area (Å²) in [7, 11) is 0.161. The molecule has 11 heteroatoms. The number of amides is 3. The van der Waals surface area contributed by atoms with Gasteiger partial charge in [-0.15, -0.1) is 0 Å². The number of anilines is 3. The van der Waals surface area contributed by atoms with Gasteiger partial charge in [0.25, 0.3) is 10.0 Å². The molecule has 194 valence electrons. The van der Waals surface area contributed by atoms with Crippen molar-refractivity contribution in [1.82, 2.24) is 0 Å². The summed E-state index contributed by atoms with van der Waals surface area (Å²) < 4.78 is 43.7. The molecule has 37 heavy (non-hydrogen) atoms. The Bertz CT molecular complexity index is 1460. The standard InChI is InChI=1S/C26H27N3O7S/c1-16-10-11-19(17(2)12-16)29-26(31)28(20-8-6-7-9-23(20)37(29,32)33)15-24(30)27-18-13-21(34-3)25(36-5)22(14-18)35-4/h6-14H,15H2,1-5H3,(H,27,30). The number of hydrogen-bond donors (Lipinski definition) is 1. The third-order valence-corrected chi connectivity index (χ3v) is 7.63. The number of fused-ring (bicyclic) bond motifs is 1. The Kier molecular flexibility index (Phi) is 6.99. The second kappa shape index (κ2) is 10.0. The lowest BCUT2D eigenvalue weighted by Gasteiger charge is -2.36. The summed E-state index contributed by atoms with van der Waals surface area (Å²) in [6, 6.07) is 13.4. The summed E-state index contributed by atoms with van der Waals surface area (Å²) >= 11 is 0. The number of rotatable bonds is 7. The summed E-state index contributed by atoms with van der Waals surface area (Å²) in [6.45, 7) is 3.16. The van der Waals surface area contributed by atoms with Crippen LogP contribution in [0, 0.1) is 13.8 Å². The number of urea groups is 1. The molecular formula is C26H27N3O7S. The van der Waals surface area contributed by atoms with Crippen molar-refractivity contribution >= 4 is 39.0 Å². The summed E-state index contributed by atoms with van der Waals surface area (Å²) in [6.07, 6.45) is 0. The van der Waals surface area contributed by atoms with Gasteiger partial charge in [-0.2, -0.15) is 4.31 Å². The lowest BCUT2D eigenvalue weighted by atomic mass is 10.1. The van der Waals surface area contributed by atoms with Gasteiger partial charge < -0.3 is 19.5 Å². The van der Waals surface area contributed by atoms with Crippen LogP contribution in [0.2, 0.25) is 0 Å². The van der Waals surface area contributed by atoms with Crippen molar-refractivity contribution in [3.05, 3.63) is 65.7 Å². The van der Waals surface area contributed by atoms with Crippen LogP contribution in [0.3, 0.4) is 0 Å². The minimum Gasteiger partial charge on any atom is -0.493 e. The quantitative estimate of drug-likeness (QED) is 0.494. The Morgan fingerprint density at radius 3 is 2.14 bits per heavy atom. The molecule has 0 spiro atoms. The first-order valence-corrected chi connectivity index (χ1v) is 12.7. The van der Waals surface area contributed by atoms with E-state index < -0.39 is 28.5 Å². The molecule has 0 atom stereocenters. The van der Waals surface area contributed by atoms with Gasteiger partial charge in [-0.1, -0.05) is 29.8 Å². The maximum atomic E-state index is 13.6. The van der Waals surface area contributed by atoms with Crippen molar-refractivity contribution < 1.29 is 32.2 Å². The molecule has 0 saturated carbocycles. The Balaban J connectivity index is 1.71. The SMILES string of the molecule is COc1cc(NC(=O)CN2C(=O)N(c3ccc(C)cc3C)S(=O)(=O)c3ccccc32)cc(OC)c1OC. The fraction of sp³-hybridized carbons (Fsp3) is 0.231. The van der Waals surface area contributed by atoms with Crippen molar-refractivity contribution in [3.63, 3.8) is 0 Å². The number of hydrogen-bond acceptors (Lipinski definition) is 7. The molecule has 3 amide bonds. The Morgan fingerprint density at radius 2 is 1.54 bits per heavy atom. The number of ether oxygens (including phenoxy) is 3. The summed E-state index contributed by atoms with van der Waals surface area (Å²) in [5.41, 5.74) is 2.22. The van der Waals surface area contributed by atoms with Gasteiger partial charge in [0.15, 0.2) is 11.5 Å². The van der Waals surface area contributed by atoms with E-state index in [-0.39, 0.29) is 16.3 Å². The maximum absolute atomic E-state index is 13.6. The van der Waals surface area contributed by atoms with E-state index >= 15 is 0 Å². The third-order valence-electron chi connectivity index (χ3n) is 5.90. The topological polar surface area (TPSA) is 114 Å².